The fourth-order valence-corrected chi connectivity index (χ4v) is 1.67. The van der Waals surface area contributed by atoms with E-state index < -0.39 is 5.97 Å². The van der Waals surface area contributed by atoms with Crippen molar-refractivity contribution in [3.63, 3.8) is 0 Å². The van der Waals surface area contributed by atoms with Gasteiger partial charge in [0.15, 0.2) is 5.69 Å². The van der Waals surface area contributed by atoms with E-state index in [0.29, 0.717) is 12.4 Å². The molecule has 19 heavy (non-hydrogen) atoms. The van der Waals surface area contributed by atoms with Gasteiger partial charge < -0.3 is 14.5 Å². The van der Waals surface area contributed by atoms with Crippen molar-refractivity contribution in [2.45, 2.75) is 19.9 Å². The van der Waals surface area contributed by atoms with Crippen LogP contribution in [0.25, 0.3) is 0 Å². The monoisotopic (exact) mass is 262 g/mol. The second kappa shape index (κ2) is 5.47. The number of carboxylic acids is 1. The summed E-state index contributed by atoms with van der Waals surface area (Å²) >= 11 is 0. The Morgan fingerprint density at radius 3 is 2.79 bits per heavy atom. The summed E-state index contributed by atoms with van der Waals surface area (Å²) in [7, 11) is 1.84. The van der Waals surface area contributed by atoms with Crippen molar-refractivity contribution in [3.05, 3.63) is 35.6 Å². The molecule has 0 fully saturated rings. The van der Waals surface area contributed by atoms with E-state index in [1.54, 1.807) is 6.26 Å². The number of aromatic carboxylic acids is 1. The molecular weight excluding hydrogens is 248 g/mol. The number of nitrogens with zero attached hydrogens (tertiary/aromatic N) is 4. The summed E-state index contributed by atoms with van der Waals surface area (Å²) in [6.07, 6.45) is 5.07. The van der Waals surface area contributed by atoms with E-state index in [2.05, 4.69) is 15.1 Å². The Balaban J connectivity index is 2.11. The van der Waals surface area contributed by atoms with Gasteiger partial charge in [-0.2, -0.15) is 0 Å². The van der Waals surface area contributed by atoms with Gasteiger partial charge in [-0.1, -0.05) is 12.1 Å². The SMILES string of the molecule is CCc1nocc1CN(C)c1cnc(C(=O)O)cn1. The maximum Gasteiger partial charge on any atom is 0.356 e. The quantitative estimate of drug-likeness (QED) is 0.869. The Morgan fingerprint density at radius 1 is 1.42 bits per heavy atom. The van der Waals surface area contributed by atoms with Gasteiger partial charge in [-0.15, -0.1) is 0 Å². The second-order valence-corrected chi connectivity index (χ2v) is 4.06. The second-order valence-electron chi connectivity index (χ2n) is 4.06. The minimum Gasteiger partial charge on any atom is -0.476 e. The van der Waals surface area contributed by atoms with Gasteiger partial charge in [-0.05, 0) is 6.42 Å². The third-order valence-electron chi connectivity index (χ3n) is 2.72. The molecule has 2 rings (SSSR count). The van der Waals surface area contributed by atoms with Crippen LogP contribution in [0.3, 0.4) is 0 Å². The molecule has 0 bridgehead atoms. The Labute approximate surface area is 109 Å². The van der Waals surface area contributed by atoms with Gasteiger partial charge >= 0.3 is 5.97 Å². The van der Waals surface area contributed by atoms with E-state index >= 15 is 0 Å². The average molecular weight is 262 g/mol. The van der Waals surface area contributed by atoms with Gasteiger partial charge in [0.25, 0.3) is 0 Å². The highest BCUT2D eigenvalue weighted by Gasteiger charge is 2.11. The van der Waals surface area contributed by atoms with E-state index in [-0.39, 0.29) is 5.69 Å². The number of hydrogen-bond donors (Lipinski definition) is 1. The van der Waals surface area contributed by atoms with Crippen molar-refractivity contribution in [3.8, 4) is 0 Å². The third-order valence-corrected chi connectivity index (χ3v) is 2.72. The normalized spacial score (nSPS) is 10.4. The van der Waals surface area contributed by atoms with Crippen molar-refractivity contribution < 1.29 is 14.4 Å². The number of aryl methyl sites for hydroxylation is 1. The Kier molecular flexibility index (Phi) is 3.74. The van der Waals surface area contributed by atoms with Crippen LogP contribution in [0.15, 0.2) is 23.2 Å². The Bertz CT molecular complexity index is 565. The number of anilines is 1. The molecule has 0 spiro atoms. The molecule has 2 aromatic rings. The van der Waals surface area contributed by atoms with Crippen LogP contribution in [-0.4, -0.2) is 33.2 Å². The lowest BCUT2D eigenvalue weighted by molar-refractivity contribution is 0.0690. The van der Waals surface area contributed by atoms with Crippen molar-refractivity contribution in [2.75, 3.05) is 11.9 Å². The summed E-state index contributed by atoms with van der Waals surface area (Å²) in [5.74, 6) is -0.498. The zero-order valence-corrected chi connectivity index (χ0v) is 10.7. The smallest absolute Gasteiger partial charge is 0.356 e. The highest BCUT2D eigenvalue weighted by Crippen LogP contribution is 2.14. The molecule has 7 heteroatoms. The number of carboxylic acid groups (broad SMARTS) is 1. The van der Waals surface area contributed by atoms with Gasteiger partial charge in [-0.3, -0.25) is 0 Å². The molecule has 0 saturated heterocycles. The molecule has 7 nitrogen and oxygen atoms in total. The zero-order chi connectivity index (χ0) is 13.8. The summed E-state index contributed by atoms with van der Waals surface area (Å²) < 4.78 is 4.93. The van der Waals surface area contributed by atoms with E-state index in [0.717, 1.165) is 17.7 Å². The molecular formula is C12H14N4O3. The van der Waals surface area contributed by atoms with E-state index in [1.165, 1.54) is 12.4 Å². The maximum absolute atomic E-state index is 10.7. The predicted octanol–water partition coefficient (Wildman–Crippen LogP) is 1.36. The Morgan fingerprint density at radius 2 is 2.21 bits per heavy atom. The number of rotatable bonds is 5. The van der Waals surface area contributed by atoms with Crippen molar-refractivity contribution in [1.29, 1.82) is 0 Å². The van der Waals surface area contributed by atoms with Crippen molar-refractivity contribution in [2.24, 2.45) is 0 Å². The minimum absolute atomic E-state index is 0.0728. The molecule has 1 N–H and O–H groups in total. The van der Waals surface area contributed by atoms with Crippen LogP contribution in [0, 0.1) is 0 Å². The molecule has 0 amide bonds. The lowest BCUT2D eigenvalue weighted by Gasteiger charge is -2.16. The topological polar surface area (TPSA) is 92.4 Å². The summed E-state index contributed by atoms with van der Waals surface area (Å²) in [6.45, 7) is 2.58. The van der Waals surface area contributed by atoms with Crippen LogP contribution < -0.4 is 4.90 Å². The summed E-state index contributed by atoms with van der Waals surface area (Å²) in [4.78, 5) is 20.4. The molecule has 2 heterocycles. The third kappa shape index (κ3) is 2.87. The minimum atomic E-state index is -1.09. The first kappa shape index (κ1) is 13.0. The fourth-order valence-electron chi connectivity index (χ4n) is 1.67. The largest absolute Gasteiger partial charge is 0.476 e. The molecule has 0 radical (unpaired) electrons. The van der Waals surface area contributed by atoms with Crippen molar-refractivity contribution >= 4 is 11.8 Å². The van der Waals surface area contributed by atoms with Crippen LogP contribution in [0.2, 0.25) is 0 Å². The molecule has 0 aromatic carbocycles. The number of hydrogen-bond acceptors (Lipinski definition) is 6. The van der Waals surface area contributed by atoms with Gasteiger partial charge in [-0.25, -0.2) is 14.8 Å². The molecule has 0 atom stereocenters. The van der Waals surface area contributed by atoms with Crippen LogP contribution >= 0.6 is 0 Å². The molecule has 0 aliphatic heterocycles. The molecule has 0 saturated carbocycles. The van der Waals surface area contributed by atoms with Crippen LogP contribution in [0.4, 0.5) is 5.82 Å². The van der Waals surface area contributed by atoms with E-state index in [1.807, 2.05) is 18.9 Å². The highest BCUT2D eigenvalue weighted by atomic mass is 16.5. The average Bonchev–Trinajstić information content (AvgIpc) is 2.86. The van der Waals surface area contributed by atoms with Crippen LogP contribution in [0.1, 0.15) is 28.7 Å². The summed E-state index contributed by atoms with van der Waals surface area (Å²) in [5, 5.41) is 12.7. The fraction of sp³-hybridized carbons (Fsp3) is 0.333. The summed E-state index contributed by atoms with van der Waals surface area (Å²) in [6, 6.07) is 0. The first-order valence-electron chi connectivity index (χ1n) is 5.80. The molecule has 0 aliphatic carbocycles. The van der Waals surface area contributed by atoms with Crippen LogP contribution in [0.5, 0.6) is 0 Å². The summed E-state index contributed by atoms with van der Waals surface area (Å²) in [5.41, 5.74) is 1.81. The first-order valence-corrected chi connectivity index (χ1v) is 5.80. The molecule has 100 valence electrons. The number of aromatic nitrogens is 3. The van der Waals surface area contributed by atoms with Gasteiger partial charge in [0.1, 0.15) is 12.1 Å². The lowest BCUT2D eigenvalue weighted by Crippen LogP contribution is -2.19. The van der Waals surface area contributed by atoms with Gasteiger partial charge in [0, 0.05) is 19.2 Å². The highest BCUT2D eigenvalue weighted by molar-refractivity contribution is 5.84. The predicted molar refractivity (Wildman–Crippen MR) is 67.0 cm³/mol. The lowest BCUT2D eigenvalue weighted by atomic mass is 10.2. The Hall–Kier alpha value is -2.44. The molecule has 0 unspecified atom stereocenters. The number of carbonyl (C=O) groups is 1. The maximum atomic E-state index is 10.7. The van der Waals surface area contributed by atoms with Crippen LogP contribution in [-0.2, 0) is 13.0 Å². The first-order chi connectivity index (χ1) is 9.11. The van der Waals surface area contributed by atoms with Gasteiger partial charge in [0.05, 0.1) is 18.1 Å². The van der Waals surface area contributed by atoms with E-state index in [9.17, 15) is 4.79 Å². The van der Waals surface area contributed by atoms with E-state index in [4.69, 9.17) is 9.63 Å². The van der Waals surface area contributed by atoms with Crippen molar-refractivity contribution in [1.82, 2.24) is 15.1 Å². The molecule has 0 aliphatic rings. The zero-order valence-electron chi connectivity index (χ0n) is 10.7. The standard InChI is InChI=1S/C12H14N4O3/c1-3-9-8(7-19-15-9)6-16(2)11-5-13-10(4-14-11)12(17)18/h4-5,7H,3,6H2,1-2H3,(H,17,18). The molecule has 2 aromatic heterocycles. The van der Waals surface area contributed by atoms with Gasteiger partial charge in [0.2, 0.25) is 0 Å².